The Kier molecular flexibility index (Phi) is 7.51. The third-order valence-corrected chi connectivity index (χ3v) is 7.02. The van der Waals surface area contributed by atoms with E-state index in [1.807, 2.05) is 80.3 Å². The van der Waals surface area contributed by atoms with Crippen LogP contribution in [0.4, 0.5) is 0 Å². The summed E-state index contributed by atoms with van der Waals surface area (Å²) in [6.45, 7) is 10.6. The topological polar surface area (TPSA) is 96.9 Å². The van der Waals surface area contributed by atoms with E-state index in [4.69, 9.17) is 14.2 Å². The van der Waals surface area contributed by atoms with E-state index < -0.39 is 6.04 Å². The standard InChI is InChI=1S/C32H33N3O5/c1-6-14-40-25-13-10-22(17-26(25)39-7-2)30-27-28(24-16-19(3)15-20(4)31(24)36)33-34-29(27)32(37)35(30)18-21-8-11-23(38-5)12-9-21/h6,8-13,15-17,30,36H,1,7,14,18H2,2-5H3,(H,33,34). The number of phenols is 1. The van der Waals surface area contributed by atoms with Crippen LogP contribution in [-0.4, -0.2) is 46.4 Å². The minimum Gasteiger partial charge on any atom is -0.507 e. The average molecular weight is 540 g/mol. The van der Waals surface area contributed by atoms with Crippen molar-refractivity contribution in [2.45, 2.75) is 33.4 Å². The van der Waals surface area contributed by atoms with Crippen LogP contribution in [0.1, 0.15) is 51.3 Å². The minimum absolute atomic E-state index is 0.142. The number of aromatic nitrogens is 2. The van der Waals surface area contributed by atoms with E-state index in [1.165, 1.54) is 0 Å². The summed E-state index contributed by atoms with van der Waals surface area (Å²) >= 11 is 0. The molecular formula is C32H33N3O5. The van der Waals surface area contributed by atoms with E-state index in [2.05, 4.69) is 16.8 Å². The lowest BCUT2D eigenvalue weighted by atomic mass is 9.93. The number of phenolic OH excluding ortho intramolecular Hbond substituents is 1. The molecule has 2 N–H and O–H groups in total. The summed E-state index contributed by atoms with van der Waals surface area (Å²) in [7, 11) is 1.62. The number of carbonyl (C=O) groups is 1. The molecule has 1 aromatic heterocycles. The Hall–Kier alpha value is -4.72. The van der Waals surface area contributed by atoms with Crippen molar-refractivity contribution in [3.8, 4) is 34.3 Å². The molecule has 40 heavy (non-hydrogen) atoms. The highest BCUT2D eigenvalue weighted by atomic mass is 16.5. The molecule has 0 radical (unpaired) electrons. The number of aromatic amines is 1. The van der Waals surface area contributed by atoms with E-state index in [-0.39, 0.29) is 11.7 Å². The fraction of sp³-hybridized carbons (Fsp3) is 0.250. The van der Waals surface area contributed by atoms with Gasteiger partial charge in [-0.3, -0.25) is 9.89 Å². The number of nitrogens with zero attached hydrogens (tertiary/aromatic N) is 2. The third-order valence-electron chi connectivity index (χ3n) is 7.02. The van der Waals surface area contributed by atoms with E-state index in [0.29, 0.717) is 53.8 Å². The molecule has 1 aliphatic heterocycles. The van der Waals surface area contributed by atoms with Crippen LogP contribution in [0.25, 0.3) is 11.3 Å². The minimum atomic E-state index is -0.494. The maximum Gasteiger partial charge on any atom is 0.273 e. The number of rotatable bonds is 10. The van der Waals surface area contributed by atoms with Gasteiger partial charge in [-0.1, -0.05) is 36.9 Å². The van der Waals surface area contributed by atoms with Gasteiger partial charge in [0.05, 0.1) is 19.8 Å². The van der Waals surface area contributed by atoms with Crippen molar-refractivity contribution in [2.75, 3.05) is 20.3 Å². The summed E-state index contributed by atoms with van der Waals surface area (Å²) in [5.74, 6) is 1.88. The van der Waals surface area contributed by atoms with Crippen LogP contribution >= 0.6 is 0 Å². The Morgan fingerprint density at radius 1 is 1.07 bits per heavy atom. The molecule has 3 aromatic carbocycles. The Morgan fingerprint density at radius 3 is 2.55 bits per heavy atom. The number of fused-ring (bicyclic) bond motifs is 1. The first-order chi connectivity index (χ1) is 19.4. The lowest BCUT2D eigenvalue weighted by Crippen LogP contribution is -2.29. The van der Waals surface area contributed by atoms with Crippen molar-refractivity contribution < 1.29 is 24.1 Å². The number of hydrogen-bond donors (Lipinski definition) is 2. The largest absolute Gasteiger partial charge is 0.507 e. The van der Waals surface area contributed by atoms with Crippen LogP contribution < -0.4 is 14.2 Å². The fourth-order valence-electron chi connectivity index (χ4n) is 5.21. The van der Waals surface area contributed by atoms with E-state index in [0.717, 1.165) is 28.0 Å². The van der Waals surface area contributed by atoms with E-state index in [1.54, 1.807) is 13.2 Å². The van der Waals surface area contributed by atoms with Gasteiger partial charge in [0.15, 0.2) is 11.5 Å². The van der Waals surface area contributed by atoms with Gasteiger partial charge in [0.2, 0.25) is 0 Å². The molecule has 8 nitrogen and oxygen atoms in total. The van der Waals surface area contributed by atoms with Gasteiger partial charge in [0.25, 0.3) is 5.91 Å². The number of hydrogen-bond acceptors (Lipinski definition) is 6. The summed E-state index contributed by atoms with van der Waals surface area (Å²) in [5, 5.41) is 18.5. The molecule has 1 aliphatic rings. The van der Waals surface area contributed by atoms with Crippen molar-refractivity contribution in [3.05, 3.63) is 101 Å². The second kappa shape index (κ2) is 11.2. The predicted octanol–water partition coefficient (Wildman–Crippen LogP) is 6.12. The second-order valence-electron chi connectivity index (χ2n) is 9.76. The van der Waals surface area contributed by atoms with Gasteiger partial charge in [-0.2, -0.15) is 5.10 Å². The lowest BCUT2D eigenvalue weighted by molar-refractivity contribution is 0.0729. The fourth-order valence-corrected chi connectivity index (χ4v) is 5.21. The summed E-state index contributed by atoms with van der Waals surface area (Å²) in [6, 6.07) is 16.7. The quantitative estimate of drug-likeness (QED) is 0.236. The molecule has 206 valence electrons. The molecule has 5 rings (SSSR count). The Bertz CT molecular complexity index is 1560. The van der Waals surface area contributed by atoms with E-state index >= 15 is 0 Å². The zero-order valence-corrected chi connectivity index (χ0v) is 23.2. The number of carbonyl (C=O) groups excluding carboxylic acids is 1. The molecule has 0 aliphatic carbocycles. The van der Waals surface area contributed by atoms with Gasteiger partial charge in [-0.15, -0.1) is 0 Å². The highest BCUT2D eigenvalue weighted by molar-refractivity contribution is 6.00. The number of H-pyrrole nitrogens is 1. The van der Waals surface area contributed by atoms with Gasteiger partial charge in [0, 0.05) is 17.7 Å². The molecule has 2 heterocycles. The highest BCUT2D eigenvalue weighted by Gasteiger charge is 2.43. The van der Waals surface area contributed by atoms with Gasteiger partial charge in [-0.25, -0.2) is 0 Å². The first kappa shape index (κ1) is 26.9. The third kappa shape index (κ3) is 4.88. The number of nitrogens with one attached hydrogen (secondary N) is 1. The first-order valence-electron chi connectivity index (χ1n) is 13.2. The van der Waals surface area contributed by atoms with Crippen LogP contribution in [0.15, 0.2) is 67.3 Å². The molecule has 0 saturated carbocycles. The van der Waals surface area contributed by atoms with Crippen molar-refractivity contribution in [1.82, 2.24) is 15.1 Å². The summed E-state index contributed by atoms with van der Waals surface area (Å²) in [6.07, 6.45) is 1.68. The second-order valence-corrected chi connectivity index (χ2v) is 9.76. The molecule has 0 saturated heterocycles. The first-order valence-corrected chi connectivity index (χ1v) is 13.2. The monoisotopic (exact) mass is 539 g/mol. The number of aryl methyl sites for hydroxylation is 2. The van der Waals surface area contributed by atoms with Crippen LogP contribution in [0.5, 0.6) is 23.0 Å². The molecule has 1 amide bonds. The Morgan fingerprint density at radius 2 is 1.85 bits per heavy atom. The molecule has 1 atom stereocenters. The van der Waals surface area contributed by atoms with Crippen LogP contribution in [-0.2, 0) is 6.54 Å². The van der Waals surface area contributed by atoms with Crippen LogP contribution in [0.2, 0.25) is 0 Å². The molecule has 1 unspecified atom stereocenters. The van der Waals surface area contributed by atoms with Gasteiger partial charge in [0.1, 0.15) is 29.5 Å². The summed E-state index contributed by atoms with van der Waals surface area (Å²) < 4.78 is 17.1. The summed E-state index contributed by atoms with van der Waals surface area (Å²) in [4.78, 5) is 15.7. The number of benzene rings is 3. The summed E-state index contributed by atoms with van der Waals surface area (Å²) in [5.41, 5.74) is 5.74. The van der Waals surface area contributed by atoms with Gasteiger partial charge < -0.3 is 24.2 Å². The molecule has 0 fully saturated rings. The zero-order valence-electron chi connectivity index (χ0n) is 23.2. The molecular weight excluding hydrogens is 506 g/mol. The van der Waals surface area contributed by atoms with Gasteiger partial charge in [-0.05, 0) is 73.4 Å². The maximum absolute atomic E-state index is 13.9. The zero-order chi connectivity index (χ0) is 28.4. The number of amides is 1. The average Bonchev–Trinajstić information content (AvgIpc) is 3.49. The molecule has 8 heteroatoms. The highest BCUT2D eigenvalue weighted by Crippen LogP contribution is 2.47. The normalized spacial score (nSPS) is 14.2. The number of aromatic hydroxyl groups is 1. The van der Waals surface area contributed by atoms with Gasteiger partial charge >= 0.3 is 0 Å². The number of ether oxygens (including phenoxy) is 3. The number of methoxy groups -OCH3 is 1. The van der Waals surface area contributed by atoms with Crippen molar-refractivity contribution in [1.29, 1.82) is 0 Å². The Labute approximate surface area is 233 Å². The molecule has 0 bridgehead atoms. The smallest absolute Gasteiger partial charge is 0.273 e. The predicted molar refractivity (Wildman–Crippen MR) is 153 cm³/mol. The van der Waals surface area contributed by atoms with Crippen LogP contribution in [0, 0.1) is 13.8 Å². The van der Waals surface area contributed by atoms with E-state index in [9.17, 15) is 9.90 Å². The van der Waals surface area contributed by atoms with Crippen molar-refractivity contribution >= 4 is 5.91 Å². The lowest BCUT2D eigenvalue weighted by Gasteiger charge is -2.27. The molecule has 4 aromatic rings. The Balaban J connectivity index is 1.66. The molecule has 0 spiro atoms. The van der Waals surface area contributed by atoms with Crippen molar-refractivity contribution in [3.63, 3.8) is 0 Å². The van der Waals surface area contributed by atoms with Crippen molar-refractivity contribution in [2.24, 2.45) is 0 Å². The SMILES string of the molecule is C=CCOc1ccc(C2c3c(-c4cc(C)cc(C)c4O)n[nH]c3C(=O)N2Cc2ccc(OC)cc2)cc1OCC. The van der Waals surface area contributed by atoms with Crippen LogP contribution in [0.3, 0.4) is 0 Å². The maximum atomic E-state index is 13.9.